The van der Waals surface area contributed by atoms with Crippen molar-refractivity contribution in [1.82, 2.24) is 19.9 Å². The lowest BCUT2D eigenvalue weighted by Crippen LogP contribution is -2.46. The molecule has 2 aliphatic heterocycles. The van der Waals surface area contributed by atoms with E-state index in [1.54, 1.807) is 4.90 Å². The molecule has 0 radical (unpaired) electrons. The SMILES string of the molecule is CC(C)c1noc([C@@H]2CCCN(C(=O)CN3CCCCCC3=O)C2)n1. The minimum atomic E-state index is 0.0311. The van der Waals surface area contributed by atoms with E-state index < -0.39 is 0 Å². The van der Waals surface area contributed by atoms with Crippen LogP contribution in [0.5, 0.6) is 0 Å². The summed E-state index contributed by atoms with van der Waals surface area (Å²) in [5, 5.41) is 4.03. The van der Waals surface area contributed by atoms with Crippen LogP contribution in [0.2, 0.25) is 0 Å². The first-order valence-corrected chi connectivity index (χ1v) is 9.43. The topological polar surface area (TPSA) is 79.5 Å². The molecule has 0 aromatic carbocycles. The summed E-state index contributed by atoms with van der Waals surface area (Å²) in [7, 11) is 0. The van der Waals surface area contributed by atoms with Crippen molar-refractivity contribution in [2.45, 2.75) is 64.2 Å². The number of rotatable bonds is 4. The molecular weight excluding hydrogens is 320 g/mol. The molecule has 0 spiro atoms. The third-order valence-corrected chi connectivity index (χ3v) is 5.09. The third-order valence-electron chi connectivity index (χ3n) is 5.09. The van der Waals surface area contributed by atoms with Gasteiger partial charge < -0.3 is 14.3 Å². The molecular formula is C18H28N4O3. The molecule has 2 fully saturated rings. The zero-order valence-electron chi connectivity index (χ0n) is 15.2. The quantitative estimate of drug-likeness (QED) is 0.834. The maximum atomic E-state index is 12.7. The number of amides is 2. The molecule has 1 atom stereocenters. The zero-order chi connectivity index (χ0) is 17.8. The van der Waals surface area contributed by atoms with Gasteiger partial charge in [0, 0.05) is 32.0 Å². The lowest BCUT2D eigenvalue weighted by atomic mass is 9.98. The smallest absolute Gasteiger partial charge is 0.242 e. The number of aromatic nitrogens is 2. The minimum Gasteiger partial charge on any atom is -0.340 e. The van der Waals surface area contributed by atoms with Crippen LogP contribution in [0.25, 0.3) is 0 Å². The van der Waals surface area contributed by atoms with Gasteiger partial charge in [-0.2, -0.15) is 4.98 Å². The third kappa shape index (κ3) is 4.38. The van der Waals surface area contributed by atoms with E-state index in [2.05, 4.69) is 10.1 Å². The van der Waals surface area contributed by atoms with Crippen LogP contribution in [0.15, 0.2) is 4.52 Å². The van der Waals surface area contributed by atoms with Gasteiger partial charge in [-0.1, -0.05) is 25.4 Å². The molecule has 7 heteroatoms. The van der Waals surface area contributed by atoms with E-state index in [-0.39, 0.29) is 30.2 Å². The fraction of sp³-hybridized carbons (Fsp3) is 0.778. The van der Waals surface area contributed by atoms with Gasteiger partial charge in [0.1, 0.15) is 0 Å². The monoisotopic (exact) mass is 348 g/mol. The van der Waals surface area contributed by atoms with Crippen LogP contribution >= 0.6 is 0 Å². The van der Waals surface area contributed by atoms with Crippen LogP contribution in [0.4, 0.5) is 0 Å². The molecule has 2 amide bonds. The van der Waals surface area contributed by atoms with Crippen LogP contribution in [0.1, 0.15) is 75.9 Å². The highest BCUT2D eigenvalue weighted by atomic mass is 16.5. The first-order valence-electron chi connectivity index (χ1n) is 9.43. The maximum Gasteiger partial charge on any atom is 0.242 e. The molecule has 138 valence electrons. The summed E-state index contributed by atoms with van der Waals surface area (Å²) in [6, 6.07) is 0. The van der Waals surface area contributed by atoms with Crippen molar-refractivity contribution < 1.29 is 14.1 Å². The molecule has 2 saturated heterocycles. The molecule has 0 saturated carbocycles. The molecule has 3 rings (SSSR count). The number of piperidine rings is 1. The Hall–Kier alpha value is -1.92. The summed E-state index contributed by atoms with van der Waals surface area (Å²) in [6.45, 7) is 6.30. The molecule has 25 heavy (non-hydrogen) atoms. The number of likely N-dealkylation sites (tertiary alicyclic amines) is 2. The molecule has 0 aliphatic carbocycles. The van der Waals surface area contributed by atoms with Gasteiger partial charge >= 0.3 is 0 Å². The van der Waals surface area contributed by atoms with Crippen LogP contribution < -0.4 is 0 Å². The van der Waals surface area contributed by atoms with Gasteiger partial charge in [-0.15, -0.1) is 0 Å². The second-order valence-corrected chi connectivity index (χ2v) is 7.45. The van der Waals surface area contributed by atoms with E-state index >= 15 is 0 Å². The summed E-state index contributed by atoms with van der Waals surface area (Å²) < 4.78 is 5.41. The van der Waals surface area contributed by atoms with Crippen LogP contribution in [0, 0.1) is 0 Å². The van der Waals surface area contributed by atoms with Crippen molar-refractivity contribution in [2.24, 2.45) is 0 Å². The van der Waals surface area contributed by atoms with Gasteiger partial charge in [0.25, 0.3) is 0 Å². The van der Waals surface area contributed by atoms with E-state index in [1.807, 2.05) is 18.7 Å². The van der Waals surface area contributed by atoms with E-state index in [9.17, 15) is 9.59 Å². The standard InChI is InChI=1S/C18H28N4O3/c1-13(2)17-19-18(25-20-17)14-7-6-10-21(11-14)16(24)12-22-9-5-3-4-8-15(22)23/h13-14H,3-12H2,1-2H3/t14-/m1/s1. The molecule has 1 aromatic heterocycles. The summed E-state index contributed by atoms with van der Waals surface area (Å²) >= 11 is 0. The Kier molecular flexibility index (Phi) is 5.71. The second-order valence-electron chi connectivity index (χ2n) is 7.45. The Morgan fingerprint density at radius 1 is 1.24 bits per heavy atom. The first kappa shape index (κ1) is 17.9. The molecule has 7 nitrogen and oxygen atoms in total. The summed E-state index contributed by atoms with van der Waals surface area (Å²) in [5.41, 5.74) is 0. The largest absolute Gasteiger partial charge is 0.340 e. The Balaban J connectivity index is 1.60. The van der Waals surface area contributed by atoms with Crippen LogP contribution in [-0.4, -0.2) is 57.9 Å². The van der Waals surface area contributed by atoms with Gasteiger partial charge in [-0.3, -0.25) is 9.59 Å². The fourth-order valence-electron chi connectivity index (χ4n) is 3.52. The number of carbonyl (C=O) groups is 2. The summed E-state index contributed by atoms with van der Waals surface area (Å²) in [6.07, 6.45) is 5.43. The predicted octanol–water partition coefficient (Wildman–Crippen LogP) is 2.30. The van der Waals surface area contributed by atoms with Crippen LogP contribution in [-0.2, 0) is 9.59 Å². The normalized spacial score (nSPS) is 22.4. The minimum absolute atomic E-state index is 0.0311. The average molecular weight is 348 g/mol. The predicted molar refractivity (Wildman–Crippen MR) is 92.0 cm³/mol. The molecule has 1 aromatic rings. The molecule has 0 unspecified atom stereocenters. The molecule has 3 heterocycles. The molecule has 0 bridgehead atoms. The highest BCUT2D eigenvalue weighted by Crippen LogP contribution is 2.27. The Morgan fingerprint density at radius 3 is 2.84 bits per heavy atom. The molecule has 0 N–H and O–H groups in total. The van der Waals surface area contributed by atoms with Crippen molar-refractivity contribution >= 4 is 11.8 Å². The fourth-order valence-corrected chi connectivity index (χ4v) is 3.52. The first-order chi connectivity index (χ1) is 12.0. The van der Waals surface area contributed by atoms with Gasteiger partial charge in [0.05, 0.1) is 12.5 Å². The Labute approximate surface area is 148 Å². The lowest BCUT2D eigenvalue weighted by molar-refractivity contribution is -0.141. The van der Waals surface area contributed by atoms with Crippen molar-refractivity contribution in [3.05, 3.63) is 11.7 Å². The van der Waals surface area contributed by atoms with E-state index in [0.29, 0.717) is 31.2 Å². The van der Waals surface area contributed by atoms with E-state index in [1.165, 1.54) is 0 Å². The number of hydrogen-bond donors (Lipinski definition) is 0. The van der Waals surface area contributed by atoms with Crippen molar-refractivity contribution in [3.63, 3.8) is 0 Å². The number of carbonyl (C=O) groups excluding carboxylic acids is 2. The van der Waals surface area contributed by atoms with Gasteiger partial charge in [0.15, 0.2) is 5.82 Å². The van der Waals surface area contributed by atoms with Gasteiger partial charge in [-0.05, 0) is 25.7 Å². The number of hydrogen-bond acceptors (Lipinski definition) is 5. The van der Waals surface area contributed by atoms with E-state index in [4.69, 9.17) is 4.52 Å². The zero-order valence-corrected chi connectivity index (χ0v) is 15.2. The summed E-state index contributed by atoms with van der Waals surface area (Å²) in [5.74, 6) is 1.81. The van der Waals surface area contributed by atoms with Gasteiger partial charge in [0.2, 0.25) is 17.7 Å². The highest BCUT2D eigenvalue weighted by molar-refractivity contribution is 5.85. The van der Waals surface area contributed by atoms with Crippen LogP contribution in [0.3, 0.4) is 0 Å². The van der Waals surface area contributed by atoms with Crippen molar-refractivity contribution in [1.29, 1.82) is 0 Å². The lowest BCUT2D eigenvalue weighted by Gasteiger charge is -2.32. The number of nitrogens with zero attached hydrogens (tertiary/aromatic N) is 4. The summed E-state index contributed by atoms with van der Waals surface area (Å²) in [4.78, 5) is 32.9. The van der Waals surface area contributed by atoms with E-state index in [0.717, 1.165) is 38.6 Å². The molecule has 2 aliphatic rings. The highest BCUT2D eigenvalue weighted by Gasteiger charge is 2.30. The second kappa shape index (κ2) is 7.97. The van der Waals surface area contributed by atoms with Gasteiger partial charge in [-0.25, -0.2) is 0 Å². The van der Waals surface area contributed by atoms with Crippen molar-refractivity contribution in [3.8, 4) is 0 Å². The average Bonchev–Trinajstić information content (AvgIpc) is 3.02. The Bertz CT molecular complexity index is 613. The Morgan fingerprint density at radius 2 is 2.08 bits per heavy atom. The maximum absolute atomic E-state index is 12.7. The van der Waals surface area contributed by atoms with Crippen molar-refractivity contribution in [2.75, 3.05) is 26.2 Å².